The smallest absolute Gasteiger partial charge is 0.105 e. The van der Waals surface area contributed by atoms with Crippen molar-refractivity contribution in [2.45, 2.75) is 83.1 Å². The summed E-state index contributed by atoms with van der Waals surface area (Å²) in [6.07, 6.45) is 4.72. The highest BCUT2D eigenvalue weighted by molar-refractivity contribution is 5.09. The first kappa shape index (κ1) is 15.8. The highest BCUT2D eigenvalue weighted by atomic mass is 16.5. The van der Waals surface area contributed by atoms with Gasteiger partial charge in [0.05, 0.1) is 18.8 Å². The van der Waals surface area contributed by atoms with E-state index in [-0.39, 0.29) is 0 Å². The maximum absolute atomic E-state index is 9.53. The van der Waals surface area contributed by atoms with Gasteiger partial charge in [-0.15, -0.1) is 0 Å². The van der Waals surface area contributed by atoms with E-state index in [2.05, 4.69) is 37.1 Å². The maximum Gasteiger partial charge on any atom is 0.105 e. The van der Waals surface area contributed by atoms with Crippen LogP contribution >= 0.6 is 0 Å². The van der Waals surface area contributed by atoms with E-state index in [1.54, 1.807) is 0 Å². The summed E-state index contributed by atoms with van der Waals surface area (Å²) < 4.78 is 5.77. The highest BCUT2D eigenvalue weighted by Gasteiger charge is 2.37. The zero-order valence-corrected chi connectivity index (χ0v) is 13.4. The second kappa shape index (κ2) is 6.43. The lowest BCUT2D eigenvalue weighted by molar-refractivity contribution is -0.0728. The summed E-state index contributed by atoms with van der Waals surface area (Å²) >= 11 is 0. The molecule has 2 fully saturated rings. The van der Waals surface area contributed by atoms with Crippen LogP contribution in [0.5, 0.6) is 0 Å². The molecule has 4 heteroatoms. The Morgan fingerprint density at radius 1 is 1.50 bits per heavy atom. The van der Waals surface area contributed by atoms with Gasteiger partial charge in [-0.2, -0.15) is 5.26 Å². The molecule has 114 valence electrons. The molecule has 1 N–H and O–H groups in total. The number of hydrogen-bond acceptors (Lipinski definition) is 4. The molecular formula is C16H29N3O. The second-order valence-corrected chi connectivity index (χ2v) is 6.82. The third kappa shape index (κ3) is 3.94. The van der Waals surface area contributed by atoms with Gasteiger partial charge in [-0.05, 0) is 46.5 Å². The van der Waals surface area contributed by atoms with Crippen molar-refractivity contribution in [2.75, 3.05) is 13.2 Å². The van der Waals surface area contributed by atoms with Gasteiger partial charge in [-0.1, -0.05) is 6.92 Å². The Kier molecular flexibility index (Phi) is 5.06. The SMILES string of the molecule is CCC1COC(C)CN1C(C)CC(C)(C#N)NC1CC1. The molecule has 4 atom stereocenters. The molecule has 1 aliphatic heterocycles. The Hall–Kier alpha value is -0.630. The molecule has 4 nitrogen and oxygen atoms in total. The molecule has 1 aliphatic carbocycles. The maximum atomic E-state index is 9.53. The van der Waals surface area contributed by atoms with Gasteiger partial charge < -0.3 is 4.74 Å². The number of nitrogens with zero attached hydrogens (tertiary/aromatic N) is 2. The van der Waals surface area contributed by atoms with Gasteiger partial charge >= 0.3 is 0 Å². The van der Waals surface area contributed by atoms with Gasteiger partial charge in [0.1, 0.15) is 5.54 Å². The number of ether oxygens (including phenoxy) is 1. The zero-order valence-electron chi connectivity index (χ0n) is 13.4. The Bertz CT molecular complexity index is 363. The number of nitrogens with one attached hydrogen (secondary N) is 1. The standard InChI is InChI=1S/C16H29N3O/c1-5-15-10-20-13(3)9-19(15)12(2)8-16(4,11-17)18-14-6-7-14/h12-15,18H,5-10H2,1-4H3. The summed E-state index contributed by atoms with van der Waals surface area (Å²) in [5.74, 6) is 0. The van der Waals surface area contributed by atoms with Crippen LogP contribution in [0.25, 0.3) is 0 Å². The number of morpholine rings is 1. The Labute approximate surface area is 123 Å². The van der Waals surface area contributed by atoms with Crippen LogP contribution in [0, 0.1) is 11.3 Å². The van der Waals surface area contributed by atoms with Crippen molar-refractivity contribution in [1.82, 2.24) is 10.2 Å². The average molecular weight is 279 g/mol. The minimum atomic E-state index is -0.402. The lowest BCUT2D eigenvalue weighted by Gasteiger charge is -2.43. The summed E-state index contributed by atoms with van der Waals surface area (Å²) in [5.41, 5.74) is -0.402. The van der Waals surface area contributed by atoms with Crippen LogP contribution in [-0.2, 0) is 4.74 Å². The van der Waals surface area contributed by atoms with E-state index in [9.17, 15) is 5.26 Å². The summed E-state index contributed by atoms with van der Waals surface area (Å²) in [6, 6.07) is 3.96. The quantitative estimate of drug-likeness (QED) is 0.810. The molecule has 2 aliphatic rings. The van der Waals surface area contributed by atoms with Crippen molar-refractivity contribution in [3.63, 3.8) is 0 Å². The monoisotopic (exact) mass is 279 g/mol. The number of nitriles is 1. The van der Waals surface area contributed by atoms with Crippen LogP contribution < -0.4 is 5.32 Å². The lowest BCUT2D eigenvalue weighted by Crippen LogP contribution is -2.55. The molecule has 20 heavy (non-hydrogen) atoms. The molecule has 0 aromatic heterocycles. The van der Waals surface area contributed by atoms with E-state index in [4.69, 9.17) is 4.74 Å². The molecular weight excluding hydrogens is 250 g/mol. The van der Waals surface area contributed by atoms with Gasteiger partial charge in [-0.25, -0.2) is 0 Å². The molecule has 0 bridgehead atoms. The van der Waals surface area contributed by atoms with Gasteiger partial charge in [-0.3, -0.25) is 10.2 Å². The third-order valence-corrected chi connectivity index (χ3v) is 4.60. The molecule has 0 amide bonds. The summed E-state index contributed by atoms with van der Waals surface area (Å²) in [7, 11) is 0. The second-order valence-electron chi connectivity index (χ2n) is 6.82. The molecule has 0 radical (unpaired) electrons. The van der Waals surface area contributed by atoms with Crippen LogP contribution in [0.15, 0.2) is 0 Å². The van der Waals surface area contributed by atoms with Gasteiger partial charge in [0.2, 0.25) is 0 Å². The fraction of sp³-hybridized carbons (Fsp3) is 0.938. The minimum Gasteiger partial charge on any atom is -0.376 e. The zero-order chi connectivity index (χ0) is 14.8. The Balaban J connectivity index is 1.97. The first-order chi connectivity index (χ1) is 9.47. The predicted molar refractivity (Wildman–Crippen MR) is 80.5 cm³/mol. The Morgan fingerprint density at radius 3 is 2.75 bits per heavy atom. The van der Waals surface area contributed by atoms with Crippen LogP contribution in [0.1, 0.15) is 53.4 Å². The largest absolute Gasteiger partial charge is 0.376 e. The summed E-state index contributed by atoms with van der Waals surface area (Å²) in [5, 5.41) is 13.0. The molecule has 1 heterocycles. The topological polar surface area (TPSA) is 48.3 Å². The van der Waals surface area contributed by atoms with Crippen molar-refractivity contribution < 1.29 is 4.74 Å². The lowest BCUT2D eigenvalue weighted by atomic mass is 9.92. The molecule has 4 unspecified atom stereocenters. The van der Waals surface area contributed by atoms with E-state index in [1.165, 1.54) is 12.8 Å². The number of rotatable bonds is 6. The fourth-order valence-corrected chi connectivity index (χ4v) is 3.29. The van der Waals surface area contributed by atoms with Crippen molar-refractivity contribution in [3.8, 4) is 6.07 Å². The van der Waals surface area contributed by atoms with Gasteiger partial charge in [0.15, 0.2) is 0 Å². The summed E-state index contributed by atoms with van der Waals surface area (Å²) in [4.78, 5) is 2.54. The van der Waals surface area contributed by atoms with E-state index >= 15 is 0 Å². The van der Waals surface area contributed by atoms with Crippen LogP contribution in [0.4, 0.5) is 0 Å². The molecule has 0 spiro atoms. The van der Waals surface area contributed by atoms with Crippen molar-refractivity contribution in [1.29, 1.82) is 5.26 Å². The van der Waals surface area contributed by atoms with E-state index < -0.39 is 5.54 Å². The van der Waals surface area contributed by atoms with Crippen LogP contribution in [-0.4, -0.2) is 47.8 Å². The average Bonchev–Trinajstić information content (AvgIpc) is 3.22. The van der Waals surface area contributed by atoms with Crippen LogP contribution in [0.3, 0.4) is 0 Å². The van der Waals surface area contributed by atoms with Crippen LogP contribution in [0.2, 0.25) is 0 Å². The van der Waals surface area contributed by atoms with Crippen molar-refractivity contribution >= 4 is 0 Å². The van der Waals surface area contributed by atoms with E-state index in [0.29, 0.717) is 24.2 Å². The molecule has 1 saturated heterocycles. The number of hydrogen-bond donors (Lipinski definition) is 1. The normalized spacial score (nSPS) is 32.4. The molecule has 0 aromatic rings. The van der Waals surface area contributed by atoms with Crippen molar-refractivity contribution in [3.05, 3.63) is 0 Å². The Morgan fingerprint density at radius 2 is 2.20 bits per heavy atom. The summed E-state index contributed by atoms with van der Waals surface area (Å²) in [6.45, 7) is 10.5. The highest BCUT2D eigenvalue weighted by Crippen LogP contribution is 2.27. The predicted octanol–water partition coefficient (Wildman–Crippen LogP) is 2.30. The van der Waals surface area contributed by atoms with Gasteiger partial charge in [0.25, 0.3) is 0 Å². The molecule has 1 saturated carbocycles. The third-order valence-electron chi connectivity index (χ3n) is 4.60. The van der Waals surface area contributed by atoms with E-state index in [0.717, 1.165) is 26.0 Å². The van der Waals surface area contributed by atoms with Crippen molar-refractivity contribution in [2.24, 2.45) is 0 Å². The molecule has 0 aromatic carbocycles. The fourth-order valence-electron chi connectivity index (χ4n) is 3.29. The van der Waals surface area contributed by atoms with Gasteiger partial charge in [0, 0.05) is 24.7 Å². The first-order valence-electron chi connectivity index (χ1n) is 8.03. The van der Waals surface area contributed by atoms with E-state index in [1.807, 2.05) is 6.92 Å². The first-order valence-corrected chi connectivity index (χ1v) is 8.03. The minimum absolute atomic E-state index is 0.296. The molecule has 2 rings (SSSR count).